The van der Waals surface area contributed by atoms with Crippen LogP contribution in [0.4, 0.5) is 0 Å². The van der Waals surface area contributed by atoms with Crippen LogP contribution in [0.3, 0.4) is 0 Å². The van der Waals surface area contributed by atoms with E-state index in [0.717, 1.165) is 28.3 Å². The largest absolute Gasteiger partial charge is 0.486 e. The SMILES string of the molecule is Cc1ccc2[nH]c(-c3ccc4c(c3)OCCO4)cc2c1. The topological polar surface area (TPSA) is 34.2 Å². The van der Waals surface area contributed by atoms with Crippen LogP contribution in [-0.2, 0) is 0 Å². The van der Waals surface area contributed by atoms with Crippen LogP contribution >= 0.6 is 0 Å². The molecule has 3 aromatic rings. The number of H-pyrrole nitrogens is 1. The molecule has 2 heterocycles. The summed E-state index contributed by atoms with van der Waals surface area (Å²) in [6.07, 6.45) is 0. The van der Waals surface area contributed by atoms with Crippen molar-refractivity contribution in [1.29, 1.82) is 0 Å². The highest BCUT2D eigenvalue weighted by molar-refractivity contribution is 5.86. The van der Waals surface area contributed by atoms with E-state index in [0.29, 0.717) is 13.2 Å². The fourth-order valence-electron chi connectivity index (χ4n) is 2.62. The van der Waals surface area contributed by atoms with Crippen LogP contribution in [0.5, 0.6) is 11.5 Å². The average Bonchev–Trinajstić information content (AvgIpc) is 2.89. The van der Waals surface area contributed by atoms with Gasteiger partial charge in [-0.25, -0.2) is 0 Å². The highest BCUT2D eigenvalue weighted by atomic mass is 16.6. The van der Waals surface area contributed by atoms with Gasteiger partial charge >= 0.3 is 0 Å². The molecule has 0 amide bonds. The van der Waals surface area contributed by atoms with Crippen molar-refractivity contribution in [2.45, 2.75) is 6.92 Å². The molecule has 0 unspecified atom stereocenters. The first-order valence-electron chi connectivity index (χ1n) is 6.79. The molecule has 0 radical (unpaired) electrons. The highest BCUT2D eigenvalue weighted by Crippen LogP contribution is 2.35. The van der Waals surface area contributed by atoms with E-state index in [2.05, 4.69) is 42.2 Å². The van der Waals surface area contributed by atoms with Gasteiger partial charge < -0.3 is 14.5 Å². The van der Waals surface area contributed by atoms with Crippen LogP contribution in [0.15, 0.2) is 42.5 Å². The molecule has 1 N–H and O–H groups in total. The lowest BCUT2D eigenvalue weighted by Crippen LogP contribution is -2.15. The molecule has 100 valence electrons. The number of hydrogen-bond donors (Lipinski definition) is 1. The van der Waals surface area contributed by atoms with Crippen LogP contribution in [0.1, 0.15) is 5.56 Å². The molecule has 0 bridgehead atoms. The van der Waals surface area contributed by atoms with Crippen molar-refractivity contribution in [1.82, 2.24) is 4.98 Å². The molecule has 0 saturated heterocycles. The zero-order chi connectivity index (χ0) is 13.5. The molecular weight excluding hydrogens is 250 g/mol. The molecule has 0 saturated carbocycles. The number of aromatic amines is 1. The van der Waals surface area contributed by atoms with Crippen molar-refractivity contribution in [2.75, 3.05) is 13.2 Å². The first-order valence-corrected chi connectivity index (χ1v) is 6.79. The number of benzene rings is 2. The van der Waals surface area contributed by atoms with Gasteiger partial charge in [-0.2, -0.15) is 0 Å². The summed E-state index contributed by atoms with van der Waals surface area (Å²) in [7, 11) is 0. The second-order valence-corrected chi connectivity index (χ2v) is 5.13. The third kappa shape index (κ3) is 1.83. The zero-order valence-corrected chi connectivity index (χ0v) is 11.3. The van der Waals surface area contributed by atoms with Crippen molar-refractivity contribution < 1.29 is 9.47 Å². The molecular formula is C17H15NO2. The maximum atomic E-state index is 5.64. The van der Waals surface area contributed by atoms with Crippen LogP contribution < -0.4 is 9.47 Å². The molecule has 1 aliphatic heterocycles. The van der Waals surface area contributed by atoms with Gasteiger partial charge in [-0.1, -0.05) is 11.6 Å². The molecule has 0 fully saturated rings. The molecule has 2 aromatic carbocycles. The smallest absolute Gasteiger partial charge is 0.162 e. The third-order valence-corrected chi connectivity index (χ3v) is 3.63. The third-order valence-electron chi connectivity index (χ3n) is 3.63. The fraction of sp³-hybridized carbons (Fsp3) is 0.176. The summed E-state index contributed by atoms with van der Waals surface area (Å²) >= 11 is 0. The lowest BCUT2D eigenvalue weighted by atomic mass is 10.1. The summed E-state index contributed by atoms with van der Waals surface area (Å²) in [5.41, 5.74) is 4.64. The normalized spacial score (nSPS) is 13.7. The first-order chi connectivity index (χ1) is 9.79. The summed E-state index contributed by atoms with van der Waals surface area (Å²) < 4.78 is 11.2. The number of nitrogens with one attached hydrogen (secondary N) is 1. The van der Waals surface area contributed by atoms with E-state index in [1.807, 2.05) is 12.1 Å². The van der Waals surface area contributed by atoms with E-state index >= 15 is 0 Å². The van der Waals surface area contributed by atoms with Gasteiger partial charge in [0, 0.05) is 22.2 Å². The van der Waals surface area contributed by atoms with Crippen molar-refractivity contribution in [3.05, 3.63) is 48.0 Å². The van der Waals surface area contributed by atoms with Crippen LogP contribution in [-0.4, -0.2) is 18.2 Å². The lowest BCUT2D eigenvalue weighted by Gasteiger charge is -2.18. The van der Waals surface area contributed by atoms with Gasteiger partial charge in [-0.15, -0.1) is 0 Å². The van der Waals surface area contributed by atoms with Crippen molar-refractivity contribution in [2.24, 2.45) is 0 Å². The monoisotopic (exact) mass is 265 g/mol. The Labute approximate surface area is 117 Å². The van der Waals surface area contributed by atoms with Crippen LogP contribution in [0.25, 0.3) is 22.2 Å². The molecule has 20 heavy (non-hydrogen) atoms. The number of aromatic nitrogens is 1. The number of rotatable bonds is 1. The predicted octanol–water partition coefficient (Wildman–Crippen LogP) is 3.91. The Hall–Kier alpha value is -2.42. The molecule has 3 heteroatoms. The van der Waals surface area contributed by atoms with E-state index in [1.54, 1.807) is 0 Å². The van der Waals surface area contributed by atoms with E-state index in [-0.39, 0.29) is 0 Å². The quantitative estimate of drug-likeness (QED) is 0.723. The molecule has 1 aliphatic rings. The van der Waals surface area contributed by atoms with Gasteiger partial charge in [0.25, 0.3) is 0 Å². The number of hydrogen-bond acceptors (Lipinski definition) is 2. The number of aryl methyl sites for hydroxylation is 1. The van der Waals surface area contributed by atoms with Crippen molar-refractivity contribution >= 4 is 10.9 Å². The number of ether oxygens (including phenoxy) is 2. The maximum Gasteiger partial charge on any atom is 0.162 e. The van der Waals surface area contributed by atoms with E-state index in [9.17, 15) is 0 Å². The Morgan fingerprint density at radius 3 is 2.65 bits per heavy atom. The van der Waals surface area contributed by atoms with Crippen LogP contribution in [0.2, 0.25) is 0 Å². The van der Waals surface area contributed by atoms with Crippen molar-refractivity contribution in [3.63, 3.8) is 0 Å². The van der Waals surface area contributed by atoms with Gasteiger partial charge in [0.2, 0.25) is 0 Å². The van der Waals surface area contributed by atoms with Gasteiger partial charge in [-0.05, 0) is 43.3 Å². The van der Waals surface area contributed by atoms with E-state index < -0.39 is 0 Å². The lowest BCUT2D eigenvalue weighted by molar-refractivity contribution is 0.171. The first kappa shape index (κ1) is 11.4. The van der Waals surface area contributed by atoms with Gasteiger partial charge in [0.05, 0.1) is 0 Å². The Bertz CT molecular complexity index is 789. The van der Waals surface area contributed by atoms with E-state index in [1.165, 1.54) is 10.9 Å². The fourth-order valence-corrected chi connectivity index (χ4v) is 2.62. The minimum Gasteiger partial charge on any atom is -0.486 e. The molecule has 3 nitrogen and oxygen atoms in total. The molecule has 0 spiro atoms. The summed E-state index contributed by atoms with van der Waals surface area (Å²) in [6, 6.07) is 14.7. The predicted molar refractivity (Wildman–Crippen MR) is 79.5 cm³/mol. The minimum atomic E-state index is 0.613. The molecule has 4 rings (SSSR count). The standard InChI is InChI=1S/C17H15NO2/c1-11-2-4-14-13(8-11)9-15(18-14)12-3-5-16-17(10-12)20-7-6-19-16/h2-5,8-10,18H,6-7H2,1H3. The zero-order valence-electron chi connectivity index (χ0n) is 11.3. The number of fused-ring (bicyclic) bond motifs is 2. The van der Waals surface area contributed by atoms with Gasteiger partial charge in [0.15, 0.2) is 11.5 Å². The Kier molecular flexibility index (Phi) is 2.46. The second-order valence-electron chi connectivity index (χ2n) is 5.13. The summed E-state index contributed by atoms with van der Waals surface area (Å²) in [5.74, 6) is 1.65. The average molecular weight is 265 g/mol. The second kappa shape index (κ2) is 4.30. The molecule has 0 aliphatic carbocycles. The summed E-state index contributed by atoms with van der Waals surface area (Å²) in [6.45, 7) is 3.34. The Morgan fingerprint density at radius 1 is 0.900 bits per heavy atom. The highest BCUT2D eigenvalue weighted by Gasteiger charge is 2.13. The summed E-state index contributed by atoms with van der Waals surface area (Å²) in [5, 5.41) is 1.23. The molecule has 0 atom stereocenters. The van der Waals surface area contributed by atoms with Crippen molar-refractivity contribution in [3.8, 4) is 22.8 Å². The Balaban J connectivity index is 1.82. The Morgan fingerprint density at radius 2 is 1.75 bits per heavy atom. The van der Waals surface area contributed by atoms with E-state index in [4.69, 9.17) is 9.47 Å². The minimum absolute atomic E-state index is 0.613. The summed E-state index contributed by atoms with van der Waals surface area (Å²) in [4.78, 5) is 3.45. The van der Waals surface area contributed by atoms with Crippen LogP contribution in [0, 0.1) is 6.92 Å². The van der Waals surface area contributed by atoms with Gasteiger partial charge in [-0.3, -0.25) is 0 Å². The molecule has 1 aromatic heterocycles. The van der Waals surface area contributed by atoms with Gasteiger partial charge in [0.1, 0.15) is 13.2 Å². The maximum absolute atomic E-state index is 5.64.